The van der Waals surface area contributed by atoms with Crippen molar-refractivity contribution in [2.45, 2.75) is 6.92 Å². The number of carbonyl (C=O) groups is 1. The number of aryl methyl sites for hydroxylation is 1. The molecule has 2 aromatic rings. The second-order valence-electron chi connectivity index (χ2n) is 4.69. The minimum absolute atomic E-state index is 0.130. The summed E-state index contributed by atoms with van der Waals surface area (Å²) in [6, 6.07) is 6.60. The highest BCUT2D eigenvalue weighted by Crippen LogP contribution is 2.24. The number of rotatable bonds is 4. The van der Waals surface area contributed by atoms with Crippen molar-refractivity contribution in [2.75, 3.05) is 5.32 Å². The van der Waals surface area contributed by atoms with Crippen LogP contribution in [0, 0.1) is 33.0 Å². The molecule has 0 atom stereocenters. The van der Waals surface area contributed by atoms with Crippen LogP contribution in [0.15, 0.2) is 36.4 Å². The molecule has 118 valence electrons. The largest absolute Gasteiger partial charge is 0.319 e. The summed E-state index contributed by atoms with van der Waals surface area (Å²) in [5, 5.41) is 23.8. The highest BCUT2D eigenvalue weighted by atomic mass is 19.1. The standard InChI is InChI=1S/C14H10FN3O5/c1-8-2-3-13(12(15)4-8)16-14(19)9-5-10(17(20)21)7-11(6-9)18(22)23/h2-7H,1H3,(H,16,19). The molecule has 1 N–H and O–H groups in total. The maximum Gasteiger partial charge on any atom is 0.277 e. The number of nitrogens with zero attached hydrogens (tertiary/aromatic N) is 2. The molecule has 0 saturated carbocycles. The first-order chi connectivity index (χ1) is 10.8. The Balaban J connectivity index is 2.38. The number of hydrogen-bond acceptors (Lipinski definition) is 5. The molecule has 0 aromatic heterocycles. The zero-order valence-electron chi connectivity index (χ0n) is 11.8. The van der Waals surface area contributed by atoms with Gasteiger partial charge < -0.3 is 5.32 Å². The number of non-ortho nitro benzene ring substituents is 2. The lowest BCUT2D eigenvalue weighted by molar-refractivity contribution is -0.394. The zero-order chi connectivity index (χ0) is 17.1. The maximum absolute atomic E-state index is 13.7. The topological polar surface area (TPSA) is 115 Å². The number of amides is 1. The van der Waals surface area contributed by atoms with E-state index in [-0.39, 0.29) is 11.3 Å². The Hall–Kier alpha value is -3.36. The van der Waals surface area contributed by atoms with Crippen molar-refractivity contribution in [2.24, 2.45) is 0 Å². The molecule has 0 aliphatic rings. The van der Waals surface area contributed by atoms with E-state index in [1.165, 1.54) is 12.1 Å². The smallest absolute Gasteiger partial charge is 0.277 e. The van der Waals surface area contributed by atoms with Gasteiger partial charge in [-0.3, -0.25) is 25.0 Å². The van der Waals surface area contributed by atoms with Gasteiger partial charge in [-0.1, -0.05) is 6.07 Å². The molecule has 0 unspecified atom stereocenters. The van der Waals surface area contributed by atoms with Gasteiger partial charge >= 0.3 is 0 Å². The highest BCUT2D eigenvalue weighted by molar-refractivity contribution is 6.05. The summed E-state index contributed by atoms with van der Waals surface area (Å²) in [5.74, 6) is -1.57. The van der Waals surface area contributed by atoms with Crippen LogP contribution in [0.3, 0.4) is 0 Å². The molecule has 0 bridgehead atoms. The number of nitrogens with one attached hydrogen (secondary N) is 1. The zero-order valence-corrected chi connectivity index (χ0v) is 11.8. The normalized spacial score (nSPS) is 10.2. The summed E-state index contributed by atoms with van der Waals surface area (Å²) in [7, 11) is 0. The van der Waals surface area contributed by atoms with Crippen LogP contribution < -0.4 is 5.32 Å². The van der Waals surface area contributed by atoms with E-state index >= 15 is 0 Å². The van der Waals surface area contributed by atoms with Crippen LogP contribution >= 0.6 is 0 Å². The Labute approximate surface area is 128 Å². The lowest BCUT2D eigenvalue weighted by Crippen LogP contribution is -2.13. The van der Waals surface area contributed by atoms with Crippen LogP contribution in [-0.2, 0) is 0 Å². The minimum atomic E-state index is -0.889. The molecule has 2 rings (SSSR count). The molecule has 0 saturated heterocycles. The molecule has 0 aliphatic heterocycles. The molecule has 0 radical (unpaired) electrons. The van der Waals surface area contributed by atoms with Gasteiger partial charge in [-0.25, -0.2) is 4.39 Å². The van der Waals surface area contributed by atoms with Crippen molar-refractivity contribution >= 4 is 23.0 Å². The molecular weight excluding hydrogens is 309 g/mol. The Kier molecular flexibility index (Phi) is 4.30. The van der Waals surface area contributed by atoms with Crippen LogP contribution in [0.25, 0.3) is 0 Å². The highest BCUT2D eigenvalue weighted by Gasteiger charge is 2.20. The Morgan fingerprint density at radius 3 is 2.09 bits per heavy atom. The first-order valence-electron chi connectivity index (χ1n) is 6.29. The van der Waals surface area contributed by atoms with E-state index in [0.29, 0.717) is 5.56 Å². The summed E-state index contributed by atoms with van der Waals surface area (Å²) < 4.78 is 13.7. The second kappa shape index (κ2) is 6.18. The van der Waals surface area contributed by atoms with Gasteiger partial charge in [-0.05, 0) is 24.6 Å². The number of hydrogen-bond donors (Lipinski definition) is 1. The van der Waals surface area contributed by atoms with Gasteiger partial charge in [0.05, 0.1) is 27.2 Å². The van der Waals surface area contributed by atoms with Gasteiger partial charge in [-0.2, -0.15) is 0 Å². The number of anilines is 1. The lowest BCUT2D eigenvalue weighted by atomic mass is 10.1. The minimum Gasteiger partial charge on any atom is -0.319 e. The first-order valence-corrected chi connectivity index (χ1v) is 6.29. The van der Waals surface area contributed by atoms with E-state index in [9.17, 15) is 29.4 Å². The van der Waals surface area contributed by atoms with Crippen molar-refractivity contribution in [3.05, 3.63) is 73.6 Å². The van der Waals surface area contributed by atoms with Gasteiger partial charge in [-0.15, -0.1) is 0 Å². The van der Waals surface area contributed by atoms with Crippen LogP contribution in [0.5, 0.6) is 0 Å². The number of nitro groups is 2. The average molecular weight is 319 g/mol. The Morgan fingerprint density at radius 2 is 1.61 bits per heavy atom. The SMILES string of the molecule is Cc1ccc(NC(=O)c2cc([N+](=O)[O-])cc([N+](=O)[O-])c2)c(F)c1. The molecule has 0 fully saturated rings. The van der Waals surface area contributed by atoms with Gasteiger partial charge in [0.2, 0.25) is 0 Å². The van der Waals surface area contributed by atoms with E-state index in [0.717, 1.165) is 18.2 Å². The molecule has 1 amide bonds. The average Bonchev–Trinajstić information content (AvgIpc) is 2.49. The third kappa shape index (κ3) is 3.64. The van der Waals surface area contributed by atoms with Crippen molar-refractivity contribution in [1.82, 2.24) is 0 Å². The van der Waals surface area contributed by atoms with Gasteiger partial charge in [0, 0.05) is 12.1 Å². The number of halogens is 1. The number of benzene rings is 2. The van der Waals surface area contributed by atoms with Crippen LogP contribution in [-0.4, -0.2) is 15.8 Å². The molecular formula is C14H10FN3O5. The predicted octanol–water partition coefficient (Wildman–Crippen LogP) is 3.20. The van der Waals surface area contributed by atoms with Crippen LogP contribution in [0.1, 0.15) is 15.9 Å². The van der Waals surface area contributed by atoms with E-state index in [1.807, 2.05) is 0 Å². The molecule has 0 aliphatic carbocycles. The summed E-state index contributed by atoms with van der Waals surface area (Å²) in [4.78, 5) is 32.0. The van der Waals surface area contributed by atoms with Crippen molar-refractivity contribution in [3.63, 3.8) is 0 Å². The van der Waals surface area contributed by atoms with Crippen molar-refractivity contribution in [1.29, 1.82) is 0 Å². The van der Waals surface area contributed by atoms with Crippen molar-refractivity contribution in [3.8, 4) is 0 Å². The molecule has 23 heavy (non-hydrogen) atoms. The summed E-state index contributed by atoms with van der Waals surface area (Å²) in [5.41, 5.74) is -1.01. The lowest BCUT2D eigenvalue weighted by Gasteiger charge is -2.07. The molecule has 2 aromatic carbocycles. The summed E-state index contributed by atoms with van der Waals surface area (Å²) in [6.07, 6.45) is 0. The fraction of sp³-hybridized carbons (Fsp3) is 0.0714. The predicted molar refractivity (Wildman–Crippen MR) is 78.8 cm³/mol. The third-order valence-corrected chi connectivity index (χ3v) is 2.96. The van der Waals surface area contributed by atoms with Gasteiger partial charge in [0.15, 0.2) is 0 Å². The van der Waals surface area contributed by atoms with Crippen LogP contribution in [0.2, 0.25) is 0 Å². The molecule has 0 spiro atoms. The quantitative estimate of drug-likeness (QED) is 0.686. The Bertz CT molecular complexity index is 790. The fourth-order valence-corrected chi connectivity index (χ4v) is 1.85. The van der Waals surface area contributed by atoms with E-state index in [1.54, 1.807) is 13.0 Å². The molecule has 9 heteroatoms. The fourth-order valence-electron chi connectivity index (χ4n) is 1.85. The molecule has 8 nitrogen and oxygen atoms in total. The number of carbonyl (C=O) groups excluding carboxylic acids is 1. The van der Waals surface area contributed by atoms with Gasteiger partial charge in [0.25, 0.3) is 17.3 Å². The second-order valence-corrected chi connectivity index (χ2v) is 4.69. The number of nitro benzene ring substituents is 2. The summed E-state index contributed by atoms with van der Waals surface area (Å²) >= 11 is 0. The van der Waals surface area contributed by atoms with E-state index < -0.39 is 32.9 Å². The van der Waals surface area contributed by atoms with E-state index in [4.69, 9.17) is 0 Å². The Morgan fingerprint density at radius 1 is 1.04 bits per heavy atom. The van der Waals surface area contributed by atoms with Crippen molar-refractivity contribution < 1.29 is 19.0 Å². The molecule has 0 heterocycles. The summed E-state index contributed by atoms with van der Waals surface area (Å²) in [6.45, 7) is 1.67. The van der Waals surface area contributed by atoms with E-state index in [2.05, 4.69) is 5.32 Å². The third-order valence-electron chi connectivity index (χ3n) is 2.96. The monoisotopic (exact) mass is 319 g/mol. The first kappa shape index (κ1) is 16.0. The van der Waals surface area contributed by atoms with Gasteiger partial charge in [0.1, 0.15) is 5.82 Å². The maximum atomic E-state index is 13.7. The van der Waals surface area contributed by atoms with Crippen LogP contribution in [0.4, 0.5) is 21.5 Å².